The molecule has 7 nitrogen and oxygen atoms in total. The van der Waals surface area contributed by atoms with Crippen LogP contribution in [0.25, 0.3) is 0 Å². The lowest BCUT2D eigenvalue weighted by Gasteiger charge is -2.15. The molecule has 0 bridgehead atoms. The molecule has 3 aromatic carbocycles. The number of nitrogens with two attached hydrogens (primary N) is 1. The minimum absolute atomic E-state index is 0.0175. The summed E-state index contributed by atoms with van der Waals surface area (Å²) < 4.78 is 53.2. The zero-order chi connectivity index (χ0) is 25.1. The molecule has 0 heterocycles. The number of aldehydes is 1. The first-order valence-electron chi connectivity index (χ1n) is 10.4. The zero-order valence-electron chi connectivity index (χ0n) is 19.3. The number of carbonyl (C=O) groups is 1. The standard InChI is InChI=1S/C16H15FO5S.C9H13NO/c1-11-12(8-9-18)6-7-15(21-2)16(11)22-23(19,20)14-5-3-4-13(17)10-14;1-11-9-4-2-3-8(7-9)5-6-10/h3-7,9-10H,8H2,1-2H3;2-4,7H,5-6,10H2,1H3. The predicted molar refractivity (Wildman–Crippen MR) is 127 cm³/mol. The van der Waals surface area contributed by atoms with Crippen LogP contribution in [0.4, 0.5) is 4.39 Å². The van der Waals surface area contributed by atoms with Crippen LogP contribution < -0.4 is 19.4 Å². The van der Waals surface area contributed by atoms with Crippen LogP contribution in [-0.4, -0.2) is 35.5 Å². The van der Waals surface area contributed by atoms with Gasteiger partial charge in [-0.15, -0.1) is 0 Å². The summed E-state index contributed by atoms with van der Waals surface area (Å²) in [4.78, 5) is 10.4. The molecule has 0 unspecified atom stereocenters. The van der Waals surface area contributed by atoms with E-state index in [0.29, 0.717) is 24.0 Å². The van der Waals surface area contributed by atoms with E-state index in [1.54, 1.807) is 20.1 Å². The smallest absolute Gasteiger partial charge is 0.339 e. The molecule has 3 aromatic rings. The molecule has 0 atom stereocenters. The molecule has 0 aliphatic rings. The second-order valence-electron chi connectivity index (χ2n) is 7.14. The molecule has 0 spiro atoms. The molecule has 0 aliphatic heterocycles. The predicted octanol–water partition coefficient (Wildman–Crippen LogP) is 3.85. The quantitative estimate of drug-likeness (QED) is 0.360. The Kier molecular flexibility index (Phi) is 10.0. The molecule has 0 aromatic heterocycles. The molecule has 0 amide bonds. The number of ether oxygens (including phenoxy) is 2. The molecule has 0 fully saturated rings. The van der Waals surface area contributed by atoms with Gasteiger partial charge in [0.1, 0.15) is 22.7 Å². The molecule has 9 heteroatoms. The van der Waals surface area contributed by atoms with Crippen molar-refractivity contribution in [3.63, 3.8) is 0 Å². The van der Waals surface area contributed by atoms with Crippen molar-refractivity contribution in [1.82, 2.24) is 0 Å². The van der Waals surface area contributed by atoms with Gasteiger partial charge in [0.2, 0.25) is 0 Å². The number of hydrogen-bond donors (Lipinski definition) is 1. The first-order valence-corrected chi connectivity index (χ1v) is 11.8. The lowest BCUT2D eigenvalue weighted by Crippen LogP contribution is -2.12. The van der Waals surface area contributed by atoms with Crippen molar-refractivity contribution in [2.45, 2.75) is 24.7 Å². The Morgan fingerprint density at radius 2 is 1.74 bits per heavy atom. The van der Waals surface area contributed by atoms with Crippen molar-refractivity contribution in [1.29, 1.82) is 0 Å². The van der Waals surface area contributed by atoms with Crippen molar-refractivity contribution < 1.29 is 31.3 Å². The van der Waals surface area contributed by atoms with Crippen molar-refractivity contribution in [2.75, 3.05) is 20.8 Å². The van der Waals surface area contributed by atoms with E-state index in [2.05, 4.69) is 6.07 Å². The summed E-state index contributed by atoms with van der Waals surface area (Å²) in [6, 6.07) is 15.6. The molecule has 34 heavy (non-hydrogen) atoms. The second kappa shape index (κ2) is 12.7. The molecule has 2 N–H and O–H groups in total. The Hall–Kier alpha value is -3.43. The Bertz CT molecular complexity index is 1210. The van der Waals surface area contributed by atoms with Crippen LogP contribution >= 0.6 is 0 Å². The first-order chi connectivity index (χ1) is 16.2. The Balaban J connectivity index is 0.000000310. The molecular weight excluding hydrogens is 461 g/mol. The summed E-state index contributed by atoms with van der Waals surface area (Å²) in [7, 11) is -1.19. The third-order valence-electron chi connectivity index (χ3n) is 4.85. The fourth-order valence-corrected chi connectivity index (χ4v) is 4.08. The summed E-state index contributed by atoms with van der Waals surface area (Å²) in [6.45, 7) is 2.31. The van der Waals surface area contributed by atoms with Crippen molar-refractivity contribution in [2.24, 2.45) is 5.73 Å². The van der Waals surface area contributed by atoms with Gasteiger partial charge in [0, 0.05) is 12.0 Å². The molecule has 0 saturated carbocycles. The zero-order valence-corrected chi connectivity index (χ0v) is 20.1. The maximum Gasteiger partial charge on any atom is 0.339 e. The lowest BCUT2D eigenvalue weighted by atomic mass is 10.0. The number of methoxy groups -OCH3 is 2. The Morgan fingerprint density at radius 1 is 1.00 bits per heavy atom. The minimum atomic E-state index is -4.23. The largest absolute Gasteiger partial charge is 0.497 e. The van der Waals surface area contributed by atoms with Gasteiger partial charge in [-0.1, -0.05) is 24.3 Å². The third-order valence-corrected chi connectivity index (χ3v) is 6.07. The molecule has 3 rings (SSSR count). The first kappa shape index (κ1) is 26.8. The van der Waals surface area contributed by atoms with Crippen LogP contribution in [-0.2, 0) is 27.8 Å². The minimum Gasteiger partial charge on any atom is -0.497 e. The Morgan fingerprint density at radius 3 is 2.35 bits per heavy atom. The number of benzene rings is 3. The van der Waals surface area contributed by atoms with Crippen molar-refractivity contribution in [3.05, 3.63) is 83.2 Å². The van der Waals surface area contributed by atoms with E-state index in [1.165, 1.54) is 30.9 Å². The van der Waals surface area contributed by atoms with E-state index in [1.807, 2.05) is 18.2 Å². The third kappa shape index (κ3) is 7.29. The average molecular weight is 490 g/mol. The van der Waals surface area contributed by atoms with Gasteiger partial charge in [-0.05, 0) is 67.4 Å². The van der Waals surface area contributed by atoms with Crippen LogP contribution in [0.2, 0.25) is 0 Å². The molecule has 0 saturated heterocycles. The fraction of sp³-hybridized carbons (Fsp3) is 0.240. The summed E-state index contributed by atoms with van der Waals surface area (Å²) in [5.74, 6) is 0.400. The maximum absolute atomic E-state index is 13.2. The van der Waals surface area contributed by atoms with E-state index in [-0.39, 0.29) is 22.8 Å². The fourth-order valence-electron chi connectivity index (χ4n) is 3.06. The van der Waals surface area contributed by atoms with Crippen LogP contribution in [0.1, 0.15) is 16.7 Å². The summed E-state index contributed by atoms with van der Waals surface area (Å²) in [6.07, 6.45) is 1.74. The van der Waals surface area contributed by atoms with Crippen LogP contribution in [0.5, 0.6) is 17.2 Å². The maximum atomic E-state index is 13.2. The molecule has 0 aliphatic carbocycles. The lowest BCUT2D eigenvalue weighted by molar-refractivity contribution is -0.107. The van der Waals surface area contributed by atoms with Gasteiger partial charge >= 0.3 is 10.1 Å². The highest BCUT2D eigenvalue weighted by molar-refractivity contribution is 7.87. The molecule has 182 valence electrons. The number of hydrogen-bond acceptors (Lipinski definition) is 7. The van der Waals surface area contributed by atoms with E-state index in [0.717, 1.165) is 24.3 Å². The van der Waals surface area contributed by atoms with E-state index >= 15 is 0 Å². The van der Waals surface area contributed by atoms with Gasteiger partial charge in [0.25, 0.3) is 0 Å². The molecule has 0 radical (unpaired) electrons. The van der Waals surface area contributed by atoms with Gasteiger partial charge in [-0.3, -0.25) is 0 Å². The van der Waals surface area contributed by atoms with Gasteiger partial charge in [-0.25, -0.2) is 4.39 Å². The van der Waals surface area contributed by atoms with Crippen LogP contribution in [0.3, 0.4) is 0 Å². The summed E-state index contributed by atoms with van der Waals surface area (Å²) in [5.41, 5.74) is 7.72. The second-order valence-corrected chi connectivity index (χ2v) is 8.68. The van der Waals surface area contributed by atoms with E-state index in [4.69, 9.17) is 19.4 Å². The van der Waals surface area contributed by atoms with Gasteiger partial charge in [-0.2, -0.15) is 8.42 Å². The van der Waals surface area contributed by atoms with Gasteiger partial charge < -0.3 is 24.2 Å². The van der Waals surface area contributed by atoms with Gasteiger partial charge in [0.05, 0.1) is 14.2 Å². The van der Waals surface area contributed by atoms with Gasteiger partial charge in [0.15, 0.2) is 11.5 Å². The SMILES string of the molecule is COc1ccc(CC=O)c(C)c1OS(=O)(=O)c1cccc(F)c1.COc1cccc(CCN)c1. The number of carbonyl (C=O) groups excluding carboxylic acids is 1. The number of rotatable bonds is 9. The summed E-state index contributed by atoms with van der Waals surface area (Å²) in [5, 5.41) is 0. The van der Waals surface area contributed by atoms with Crippen molar-refractivity contribution >= 4 is 16.4 Å². The van der Waals surface area contributed by atoms with Crippen LogP contribution in [0.15, 0.2) is 65.6 Å². The average Bonchev–Trinajstić information content (AvgIpc) is 2.82. The highest BCUT2D eigenvalue weighted by Gasteiger charge is 2.22. The normalized spacial score (nSPS) is 10.6. The highest BCUT2D eigenvalue weighted by Crippen LogP contribution is 2.35. The van der Waals surface area contributed by atoms with Crippen molar-refractivity contribution in [3.8, 4) is 17.2 Å². The molecular formula is C25H28FNO6S. The van der Waals surface area contributed by atoms with Crippen LogP contribution in [0, 0.1) is 12.7 Å². The Labute approximate surface area is 199 Å². The van der Waals surface area contributed by atoms with E-state index in [9.17, 15) is 17.6 Å². The number of halogens is 1. The monoisotopic (exact) mass is 489 g/mol. The highest BCUT2D eigenvalue weighted by atomic mass is 32.2. The summed E-state index contributed by atoms with van der Waals surface area (Å²) >= 11 is 0. The topological polar surface area (TPSA) is 105 Å². The van der Waals surface area contributed by atoms with E-state index < -0.39 is 15.9 Å².